The average molecular weight is 205 g/mol. The van der Waals surface area contributed by atoms with Gasteiger partial charge < -0.3 is 9.74 Å². The van der Waals surface area contributed by atoms with Gasteiger partial charge in [-0.15, -0.1) is 0 Å². The third-order valence-electron chi connectivity index (χ3n) is 1.86. The van der Waals surface area contributed by atoms with Gasteiger partial charge in [0.2, 0.25) is 9.76 Å². The van der Waals surface area contributed by atoms with Crippen molar-refractivity contribution in [1.82, 2.24) is 0 Å². The summed E-state index contributed by atoms with van der Waals surface area (Å²) in [7, 11) is -0.465. The van der Waals surface area contributed by atoms with Crippen molar-refractivity contribution in [2.75, 3.05) is 11.9 Å². The molecule has 0 aliphatic carbocycles. The monoisotopic (exact) mass is 205 g/mol. The van der Waals surface area contributed by atoms with Crippen LogP contribution in [0.1, 0.15) is 6.42 Å². The molecule has 0 aromatic heterocycles. The van der Waals surface area contributed by atoms with Gasteiger partial charge in [-0.1, -0.05) is 24.6 Å². The minimum Gasteiger partial charge on any atom is -0.509 e. The summed E-state index contributed by atoms with van der Waals surface area (Å²) >= 11 is 0. The lowest BCUT2D eigenvalue weighted by molar-refractivity contribution is 0.554. The van der Waals surface area contributed by atoms with E-state index in [2.05, 4.69) is 23.6 Å². The van der Waals surface area contributed by atoms with Gasteiger partial charge in [0.05, 0.1) is 6.11 Å². The molecule has 0 radical (unpaired) electrons. The Labute approximate surface area is 87.6 Å². The second-order valence-electron chi connectivity index (χ2n) is 2.97. The highest BCUT2D eigenvalue weighted by Gasteiger charge is 1.91. The molecule has 0 saturated heterocycles. The SMILES string of the molecule is C#CO[SiH2]CCCNc1ccccc1. The Bertz CT molecular complexity index is 281. The second-order valence-corrected chi connectivity index (χ2v) is 4.37. The Kier molecular flexibility index (Phi) is 5.37. The molecule has 1 aromatic rings. The van der Waals surface area contributed by atoms with Crippen molar-refractivity contribution in [1.29, 1.82) is 0 Å². The molecule has 14 heavy (non-hydrogen) atoms. The van der Waals surface area contributed by atoms with Gasteiger partial charge in [0.1, 0.15) is 0 Å². The summed E-state index contributed by atoms with van der Waals surface area (Å²) in [6, 6.07) is 11.3. The lowest BCUT2D eigenvalue weighted by atomic mass is 10.3. The van der Waals surface area contributed by atoms with Gasteiger partial charge in [0.25, 0.3) is 0 Å². The minimum atomic E-state index is -0.465. The molecule has 0 bridgehead atoms. The smallest absolute Gasteiger partial charge is 0.235 e. The molecule has 0 fully saturated rings. The quantitative estimate of drug-likeness (QED) is 0.433. The highest BCUT2D eigenvalue weighted by molar-refractivity contribution is 6.27. The maximum absolute atomic E-state index is 4.98. The van der Waals surface area contributed by atoms with Gasteiger partial charge in [-0.25, -0.2) is 0 Å². The number of rotatable bonds is 6. The van der Waals surface area contributed by atoms with E-state index in [1.807, 2.05) is 18.2 Å². The van der Waals surface area contributed by atoms with Gasteiger partial charge in [0, 0.05) is 12.2 Å². The molecule has 0 aliphatic rings. The summed E-state index contributed by atoms with van der Waals surface area (Å²) < 4.78 is 4.92. The number of benzene rings is 1. The van der Waals surface area contributed by atoms with Crippen molar-refractivity contribution >= 4 is 15.5 Å². The van der Waals surface area contributed by atoms with Gasteiger partial charge in [-0.2, -0.15) is 0 Å². The summed E-state index contributed by atoms with van der Waals surface area (Å²) in [5.41, 5.74) is 1.17. The fourth-order valence-electron chi connectivity index (χ4n) is 1.15. The van der Waals surface area contributed by atoms with Crippen LogP contribution >= 0.6 is 0 Å². The topological polar surface area (TPSA) is 21.3 Å². The van der Waals surface area contributed by atoms with E-state index in [0.29, 0.717) is 0 Å². The van der Waals surface area contributed by atoms with E-state index in [0.717, 1.165) is 19.0 Å². The normalized spacial score (nSPS) is 9.93. The van der Waals surface area contributed by atoms with Gasteiger partial charge in [-0.05, 0) is 24.6 Å². The zero-order valence-corrected chi connectivity index (χ0v) is 9.61. The number of hydrogen-bond donors (Lipinski definition) is 1. The molecule has 74 valence electrons. The van der Waals surface area contributed by atoms with E-state index in [1.54, 1.807) is 0 Å². The first-order valence-electron chi connectivity index (χ1n) is 4.80. The molecule has 1 N–H and O–H groups in total. The molecule has 0 unspecified atom stereocenters. The van der Waals surface area contributed by atoms with Crippen LogP contribution in [0.25, 0.3) is 0 Å². The summed E-state index contributed by atoms with van der Waals surface area (Å²) in [5, 5.41) is 3.34. The number of terminal acetylenes is 1. The zero-order chi connectivity index (χ0) is 10.1. The second kappa shape index (κ2) is 7.04. The fourth-order valence-corrected chi connectivity index (χ4v) is 1.86. The third-order valence-corrected chi connectivity index (χ3v) is 3.02. The van der Waals surface area contributed by atoms with Crippen LogP contribution in [0.5, 0.6) is 0 Å². The third kappa shape index (κ3) is 4.58. The van der Waals surface area contributed by atoms with Gasteiger partial charge in [-0.3, -0.25) is 0 Å². The van der Waals surface area contributed by atoms with Crippen LogP contribution in [0.2, 0.25) is 6.04 Å². The minimum absolute atomic E-state index is 0.465. The maximum Gasteiger partial charge on any atom is 0.235 e. The molecule has 2 nitrogen and oxygen atoms in total. The molecule has 1 rings (SSSR count). The molecular formula is C11H15NOSi. The first-order chi connectivity index (χ1) is 6.93. The summed E-state index contributed by atoms with van der Waals surface area (Å²) in [5.74, 6) is 0. The van der Waals surface area contributed by atoms with E-state index in [1.165, 1.54) is 5.69 Å². The highest BCUT2D eigenvalue weighted by Crippen LogP contribution is 2.04. The van der Waals surface area contributed by atoms with Crippen LogP contribution in [-0.2, 0) is 4.43 Å². The standard InChI is InChI=1S/C11H15NOSi/c1-2-13-14-10-6-9-12-11-7-4-3-5-8-11/h1,3-5,7-8,12H,6,9-10,14H2. The molecular weight excluding hydrogens is 190 g/mol. The average Bonchev–Trinajstić information content (AvgIpc) is 2.25. The van der Waals surface area contributed by atoms with Gasteiger partial charge in [0.15, 0.2) is 0 Å². The van der Waals surface area contributed by atoms with Crippen LogP contribution in [0, 0.1) is 12.5 Å². The molecule has 0 spiro atoms. The van der Waals surface area contributed by atoms with Crippen molar-refractivity contribution in [3.63, 3.8) is 0 Å². The molecule has 0 aliphatic heterocycles. The largest absolute Gasteiger partial charge is 0.509 e. The first kappa shape index (κ1) is 10.7. The van der Waals surface area contributed by atoms with Gasteiger partial charge >= 0.3 is 0 Å². The van der Waals surface area contributed by atoms with E-state index < -0.39 is 9.76 Å². The molecule has 0 heterocycles. The van der Waals surface area contributed by atoms with E-state index in [-0.39, 0.29) is 0 Å². The summed E-state index contributed by atoms with van der Waals surface area (Å²) in [4.78, 5) is 0. The Morgan fingerprint density at radius 3 is 2.86 bits per heavy atom. The van der Waals surface area contributed by atoms with Crippen LogP contribution in [0.15, 0.2) is 30.3 Å². The van der Waals surface area contributed by atoms with Crippen LogP contribution in [-0.4, -0.2) is 16.3 Å². The van der Waals surface area contributed by atoms with E-state index >= 15 is 0 Å². The van der Waals surface area contributed by atoms with E-state index in [4.69, 9.17) is 10.8 Å². The predicted octanol–water partition coefficient (Wildman–Crippen LogP) is 1.60. The van der Waals surface area contributed by atoms with Crippen molar-refractivity contribution in [3.05, 3.63) is 30.3 Å². The molecule has 0 saturated carbocycles. The number of hydrogen-bond acceptors (Lipinski definition) is 2. The molecule has 1 aromatic carbocycles. The Morgan fingerprint density at radius 1 is 1.36 bits per heavy atom. The zero-order valence-electron chi connectivity index (χ0n) is 8.20. The lowest BCUT2D eigenvalue weighted by Crippen LogP contribution is -2.03. The fraction of sp³-hybridized carbons (Fsp3) is 0.273. The Hall–Kier alpha value is -1.40. The molecule has 0 atom stereocenters. The van der Waals surface area contributed by atoms with E-state index in [9.17, 15) is 0 Å². The Balaban J connectivity index is 2.03. The summed E-state index contributed by atoms with van der Waals surface area (Å²) in [6.45, 7) is 0.991. The molecule has 3 heteroatoms. The Morgan fingerprint density at radius 2 is 2.14 bits per heavy atom. The predicted molar refractivity (Wildman–Crippen MR) is 62.8 cm³/mol. The lowest BCUT2D eigenvalue weighted by Gasteiger charge is -2.04. The van der Waals surface area contributed by atoms with Crippen LogP contribution < -0.4 is 5.32 Å². The number of anilines is 1. The van der Waals surface area contributed by atoms with Crippen molar-refractivity contribution in [3.8, 4) is 12.5 Å². The van der Waals surface area contributed by atoms with Crippen molar-refractivity contribution in [2.45, 2.75) is 12.5 Å². The van der Waals surface area contributed by atoms with Crippen LogP contribution in [0.4, 0.5) is 5.69 Å². The maximum atomic E-state index is 4.98. The first-order valence-corrected chi connectivity index (χ1v) is 6.37. The molecule has 0 amide bonds. The van der Waals surface area contributed by atoms with Crippen molar-refractivity contribution < 1.29 is 4.43 Å². The number of nitrogens with one attached hydrogen (secondary N) is 1. The van der Waals surface area contributed by atoms with Crippen molar-refractivity contribution in [2.24, 2.45) is 0 Å². The van der Waals surface area contributed by atoms with Crippen LogP contribution in [0.3, 0.4) is 0 Å². The number of para-hydroxylation sites is 1. The summed E-state index contributed by atoms with van der Waals surface area (Å²) in [6.07, 6.45) is 8.33. The highest BCUT2D eigenvalue weighted by atomic mass is 28.2.